The smallest absolute Gasteiger partial charge is 0.240 e. The summed E-state index contributed by atoms with van der Waals surface area (Å²) in [6.07, 6.45) is 0.618. The van der Waals surface area contributed by atoms with Crippen molar-refractivity contribution in [2.45, 2.75) is 11.3 Å². The average molecular weight is 285 g/mol. The number of nitrogens with one attached hydrogen (secondary N) is 1. The highest BCUT2D eigenvalue weighted by Crippen LogP contribution is 2.13. The molecule has 4 nitrogen and oxygen atoms in total. The Hall–Kier alpha value is -0.330. The molecule has 0 saturated carbocycles. The van der Waals surface area contributed by atoms with Crippen molar-refractivity contribution >= 4 is 34.0 Å². The Kier molecular flexibility index (Phi) is 6.94. The molecule has 1 aromatic carbocycles. The van der Waals surface area contributed by atoms with Crippen LogP contribution in [-0.2, 0) is 10.0 Å². The molecule has 0 fully saturated rings. The van der Waals surface area contributed by atoms with E-state index in [0.29, 0.717) is 24.5 Å². The number of benzene rings is 1. The number of rotatable bonds is 5. The van der Waals surface area contributed by atoms with Crippen LogP contribution in [0.3, 0.4) is 0 Å². The van der Waals surface area contributed by atoms with Crippen LogP contribution in [0.25, 0.3) is 0 Å². The van der Waals surface area contributed by atoms with Crippen molar-refractivity contribution in [3.8, 4) is 0 Å². The number of hydrogen-bond donors (Lipinski definition) is 2. The molecule has 16 heavy (non-hydrogen) atoms. The highest BCUT2D eigenvalue weighted by atomic mass is 35.5. The molecule has 0 aliphatic rings. The molecule has 1 rings (SSSR count). The minimum absolute atomic E-state index is 0. The van der Waals surface area contributed by atoms with E-state index in [1.807, 2.05) is 0 Å². The van der Waals surface area contributed by atoms with Crippen LogP contribution in [0.5, 0.6) is 0 Å². The summed E-state index contributed by atoms with van der Waals surface area (Å²) in [6, 6.07) is 6.01. The molecular weight excluding hydrogens is 271 g/mol. The molecule has 3 N–H and O–H groups in total. The Balaban J connectivity index is 0.00000225. The van der Waals surface area contributed by atoms with Gasteiger partial charge >= 0.3 is 0 Å². The summed E-state index contributed by atoms with van der Waals surface area (Å²) in [4.78, 5) is 0.212. The normalized spacial score (nSPS) is 10.9. The van der Waals surface area contributed by atoms with E-state index in [-0.39, 0.29) is 17.3 Å². The average Bonchev–Trinajstić information content (AvgIpc) is 2.18. The molecule has 7 heteroatoms. The molecule has 1 aromatic rings. The third-order valence-electron chi connectivity index (χ3n) is 1.80. The topological polar surface area (TPSA) is 72.2 Å². The van der Waals surface area contributed by atoms with Crippen molar-refractivity contribution in [3.05, 3.63) is 29.3 Å². The largest absolute Gasteiger partial charge is 0.330 e. The van der Waals surface area contributed by atoms with Crippen LogP contribution in [0, 0.1) is 0 Å². The van der Waals surface area contributed by atoms with E-state index in [1.165, 1.54) is 12.1 Å². The molecule has 0 unspecified atom stereocenters. The van der Waals surface area contributed by atoms with Crippen LogP contribution < -0.4 is 10.5 Å². The summed E-state index contributed by atoms with van der Waals surface area (Å²) >= 11 is 5.66. The Morgan fingerprint density at radius 2 is 1.81 bits per heavy atom. The maximum Gasteiger partial charge on any atom is 0.240 e. The Bertz CT molecular complexity index is 406. The zero-order chi connectivity index (χ0) is 11.3. The lowest BCUT2D eigenvalue weighted by atomic mass is 10.4. The number of sulfonamides is 1. The fourth-order valence-electron chi connectivity index (χ4n) is 1.01. The summed E-state index contributed by atoms with van der Waals surface area (Å²) in [5, 5.41) is 0.510. The van der Waals surface area contributed by atoms with Gasteiger partial charge in [-0.3, -0.25) is 0 Å². The summed E-state index contributed by atoms with van der Waals surface area (Å²) < 4.78 is 25.7. The molecule has 92 valence electrons. The van der Waals surface area contributed by atoms with Crippen molar-refractivity contribution in [1.29, 1.82) is 0 Å². The number of halogens is 2. The zero-order valence-electron chi connectivity index (χ0n) is 8.52. The summed E-state index contributed by atoms with van der Waals surface area (Å²) in [7, 11) is -3.41. The van der Waals surface area contributed by atoms with Gasteiger partial charge in [0.2, 0.25) is 10.0 Å². The lowest BCUT2D eigenvalue weighted by Crippen LogP contribution is -2.26. The number of nitrogens with two attached hydrogens (primary N) is 1. The Morgan fingerprint density at radius 3 is 2.31 bits per heavy atom. The van der Waals surface area contributed by atoms with Crippen molar-refractivity contribution in [2.24, 2.45) is 5.73 Å². The van der Waals surface area contributed by atoms with Gasteiger partial charge in [-0.15, -0.1) is 12.4 Å². The lowest BCUT2D eigenvalue weighted by molar-refractivity contribution is 0.579. The highest BCUT2D eigenvalue weighted by molar-refractivity contribution is 7.89. The predicted molar refractivity (Wildman–Crippen MR) is 67.6 cm³/mol. The summed E-state index contributed by atoms with van der Waals surface area (Å²) in [5.41, 5.74) is 5.26. The minimum atomic E-state index is -3.41. The van der Waals surface area contributed by atoms with Crippen LogP contribution in [0.4, 0.5) is 0 Å². The second-order valence-electron chi connectivity index (χ2n) is 2.99. The second-order valence-corrected chi connectivity index (χ2v) is 5.20. The van der Waals surface area contributed by atoms with Crippen LogP contribution in [0.1, 0.15) is 6.42 Å². The quantitative estimate of drug-likeness (QED) is 0.803. The molecule has 0 spiro atoms. The van der Waals surface area contributed by atoms with Gasteiger partial charge < -0.3 is 5.73 Å². The van der Waals surface area contributed by atoms with E-state index < -0.39 is 10.0 Å². The fraction of sp³-hybridized carbons (Fsp3) is 0.333. The molecule has 0 saturated heterocycles. The van der Waals surface area contributed by atoms with E-state index in [9.17, 15) is 8.42 Å². The molecule has 0 aromatic heterocycles. The molecule has 0 atom stereocenters. The molecule has 0 radical (unpaired) electrons. The SMILES string of the molecule is Cl.NCCCNS(=O)(=O)c1ccc(Cl)cc1. The molecule has 0 bridgehead atoms. The van der Waals surface area contributed by atoms with Crippen LogP contribution >= 0.6 is 24.0 Å². The predicted octanol–water partition coefficient (Wildman–Crippen LogP) is 1.39. The third kappa shape index (κ3) is 4.67. The second kappa shape index (κ2) is 7.09. The minimum Gasteiger partial charge on any atom is -0.330 e. The van der Waals surface area contributed by atoms with Crippen LogP contribution in [0.15, 0.2) is 29.2 Å². The monoisotopic (exact) mass is 284 g/mol. The van der Waals surface area contributed by atoms with Gasteiger partial charge in [-0.25, -0.2) is 13.1 Å². The first kappa shape index (κ1) is 15.7. The van der Waals surface area contributed by atoms with Gasteiger partial charge in [0.05, 0.1) is 4.90 Å². The molecule has 0 aliphatic carbocycles. The maximum atomic E-state index is 11.6. The van der Waals surface area contributed by atoms with Gasteiger partial charge in [0.25, 0.3) is 0 Å². The van der Waals surface area contributed by atoms with E-state index >= 15 is 0 Å². The Morgan fingerprint density at radius 1 is 1.25 bits per heavy atom. The molecular formula is C9H14Cl2N2O2S. The molecule has 0 aliphatic heterocycles. The standard InChI is InChI=1S/C9H13ClN2O2S.ClH/c10-8-2-4-9(5-3-8)15(13,14)12-7-1-6-11;/h2-5,12H,1,6-7,11H2;1H. The third-order valence-corrected chi connectivity index (χ3v) is 3.53. The molecule has 0 amide bonds. The summed E-state index contributed by atoms with van der Waals surface area (Å²) in [6.45, 7) is 0.810. The molecule has 0 heterocycles. The first-order chi connectivity index (χ1) is 7.06. The van der Waals surface area contributed by atoms with Gasteiger partial charge in [0, 0.05) is 11.6 Å². The lowest BCUT2D eigenvalue weighted by Gasteiger charge is -2.05. The van der Waals surface area contributed by atoms with Gasteiger partial charge in [0.15, 0.2) is 0 Å². The highest BCUT2D eigenvalue weighted by Gasteiger charge is 2.12. The van der Waals surface area contributed by atoms with Gasteiger partial charge in [-0.05, 0) is 37.2 Å². The zero-order valence-corrected chi connectivity index (χ0v) is 10.9. The van der Waals surface area contributed by atoms with E-state index in [2.05, 4.69) is 4.72 Å². The first-order valence-corrected chi connectivity index (χ1v) is 6.37. The van der Waals surface area contributed by atoms with Crippen LogP contribution in [0.2, 0.25) is 5.02 Å². The van der Waals surface area contributed by atoms with Gasteiger partial charge in [0.1, 0.15) is 0 Å². The van der Waals surface area contributed by atoms with E-state index in [0.717, 1.165) is 0 Å². The maximum absolute atomic E-state index is 11.6. The first-order valence-electron chi connectivity index (χ1n) is 4.51. The van der Waals surface area contributed by atoms with E-state index in [4.69, 9.17) is 17.3 Å². The van der Waals surface area contributed by atoms with E-state index in [1.54, 1.807) is 12.1 Å². The number of hydrogen-bond acceptors (Lipinski definition) is 3. The Labute approximate surface area is 107 Å². The van der Waals surface area contributed by atoms with Crippen molar-refractivity contribution < 1.29 is 8.42 Å². The summed E-state index contributed by atoms with van der Waals surface area (Å²) in [5.74, 6) is 0. The van der Waals surface area contributed by atoms with Gasteiger partial charge in [-0.1, -0.05) is 11.6 Å². The van der Waals surface area contributed by atoms with Crippen LogP contribution in [-0.4, -0.2) is 21.5 Å². The fourth-order valence-corrected chi connectivity index (χ4v) is 2.21. The van der Waals surface area contributed by atoms with Gasteiger partial charge in [-0.2, -0.15) is 0 Å². The van der Waals surface area contributed by atoms with Crippen molar-refractivity contribution in [1.82, 2.24) is 4.72 Å². The van der Waals surface area contributed by atoms with Crippen molar-refractivity contribution in [3.63, 3.8) is 0 Å². The van der Waals surface area contributed by atoms with Crippen molar-refractivity contribution in [2.75, 3.05) is 13.1 Å².